The van der Waals surface area contributed by atoms with Crippen LogP contribution in [0.2, 0.25) is 0 Å². The van der Waals surface area contributed by atoms with Crippen LogP contribution in [0.15, 0.2) is 33.9 Å². The van der Waals surface area contributed by atoms with Crippen molar-refractivity contribution in [1.29, 1.82) is 15.8 Å². The molecule has 0 aliphatic heterocycles. The van der Waals surface area contributed by atoms with Crippen LogP contribution >= 0.6 is 15.9 Å². The van der Waals surface area contributed by atoms with Crippen molar-refractivity contribution < 1.29 is 5.11 Å². The van der Waals surface area contributed by atoms with Gasteiger partial charge in [0.05, 0.1) is 5.69 Å². The maximum Gasteiger partial charge on any atom is 0.163 e. The number of nitriles is 3. The van der Waals surface area contributed by atoms with E-state index in [0.717, 1.165) is 0 Å². The molecule has 6 heteroatoms. The Labute approximate surface area is 106 Å². The first-order valence-electron chi connectivity index (χ1n) is 4.32. The Kier molecular flexibility index (Phi) is 4.11. The fourth-order valence-electron chi connectivity index (χ4n) is 1.03. The number of nitrogens with one attached hydrogen (secondary N) is 1. The molecule has 0 amide bonds. The average molecular weight is 289 g/mol. The number of rotatable bonds is 2. The Bertz CT molecular complexity index is 585. The minimum absolute atomic E-state index is 0.0950. The van der Waals surface area contributed by atoms with Crippen LogP contribution in [0.25, 0.3) is 0 Å². The predicted octanol–water partition coefficient (Wildman–Crippen LogP) is 2.39. The quantitative estimate of drug-likeness (QED) is 0.642. The third-order valence-electron chi connectivity index (χ3n) is 1.80. The van der Waals surface area contributed by atoms with E-state index in [0.29, 0.717) is 4.47 Å². The molecule has 5 nitrogen and oxygen atoms in total. The Morgan fingerprint density at radius 3 is 2.29 bits per heavy atom. The largest absolute Gasteiger partial charge is 0.506 e. The summed E-state index contributed by atoms with van der Waals surface area (Å²) in [5.41, 5.74) is -0.296. The van der Waals surface area contributed by atoms with E-state index in [-0.39, 0.29) is 22.7 Å². The summed E-state index contributed by atoms with van der Waals surface area (Å²) < 4.78 is 0.670. The minimum atomic E-state index is -0.338. The number of phenols is 1. The molecule has 1 rings (SSSR count). The molecule has 82 valence electrons. The standard InChI is InChI=1S/C11H5BrN4O/c12-8-1-2-9(11(17)3-8)16-10(6-15)7(4-13)5-14/h1-3,16-17H. The van der Waals surface area contributed by atoms with Crippen LogP contribution < -0.4 is 5.32 Å². The van der Waals surface area contributed by atoms with Crippen molar-refractivity contribution in [3.8, 4) is 24.0 Å². The number of allylic oxidation sites excluding steroid dienone is 2. The van der Waals surface area contributed by atoms with Gasteiger partial charge in [0.25, 0.3) is 0 Å². The number of aromatic hydroxyl groups is 1. The average Bonchev–Trinajstić information content (AvgIpc) is 2.32. The number of phenolic OH excluding ortho intramolecular Hbond substituents is 1. The molecule has 0 unspecified atom stereocenters. The van der Waals surface area contributed by atoms with Crippen molar-refractivity contribution in [1.82, 2.24) is 0 Å². The molecule has 1 aromatic carbocycles. The number of nitrogens with zero attached hydrogens (tertiary/aromatic N) is 3. The van der Waals surface area contributed by atoms with Crippen molar-refractivity contribution in [3.05, 3.63) is 33.9 Å². The fraction of sp³-hybridized carbons (Fsp3) is 0. The van der Waals surface area contributed by atoms with Gasteiger partial charge in [-0.05, 0) is 18.2 Å². The van der Waals surface area contributed by atoms with Crippen LogP contribution in [0.1, 0.15) is 0 Å². The Morgan fingerprint density at radius 2 is 1.82 bits per heavy atom. The van der Waals surface area contributed by atoms with E-state index in [1.807, 2.05) is 0 Å². The Balaban J connectivity index is 3.16. The molecule has 0 saturated carbocycles. The molecule has 0 spiro atoms. The lowest BCUT2D eigenvalue weighted by molar-refractivity contribution is 0.477. The van der Waals surface area contributed by atoms with E-state index in [1.165, 1.54) is 12.1 Å². The summed E-state index contributed by atoms with van der Waals surface area (Å²) in [5.74, 6) is -0.0950. The highest BCUT2D eigenvalue weighted by atomic mass is 79.9. The first kappa shape index (κ1) is 12.6. The molecular weight excluding hydrogens is 284 g/mol. The number of halogens is 1. The highest BCUT2D eigenvalue weighted by molar-refractivity contribution is 9.10. The summed E-state index contributed by atoms with van der Waals surface area (Å²) >= 11 is 3.17. The molecule has 0 atom stereocenters. The molecule has 0 aliphatic rings. The maximum absolute atomic E-state index is 9.57. The summed E-state index contributed by atoms with van der Waals surface area (Å²) in [6.07, 6.45) is 0. The van der Waals surface area contributed by atoms with Crippen LogP contribution in [0.4, 0.5) is 5.69 Å². The molecule has 1 aromatic rings. The number of hydrogen-bond acceptors (Lipinski definition) is 5. The van der Waals surface area contributed by atoms with Gasteiger partial charge in [-0.25, -0.2) is 0 Å². The van der Waals surface area contributed by atoms with Crippen LogP contribution in [0, 0.1) is 34.0 Å². The number of benzene rings is 1. The molecule has 0 fully saturated rings. The van der Waals surface area contributed by atoms with Crippen molar-refractivity contribution in [2.24, 2.45) is 0 Å². The van der Waals surface area contributed by atoms with Gasteiger partial charge in [0, 0.05) is 4.47 Å². The van der Waals surface area contributed by atoms with Gasteiger partial charge in [0.1, 0.15) is 29.7 Å². The van der Waals surface area contributed by atoms with Gasteiger partial charge in [0.2, 0.25) is 0 Å². The lowest BCUT2D eigenvalue weighted by Gasteiger charge is -2.06. The van der Waals surface area contributed by atoms with Crippen LogP contribution in [-0.4, -0.2) is 5.11 Å². The Morgan fingerprint density at radius 1 is 1.18 bits per heavy atom. The predicted molar refractivity (Wildman–Crippen MR) is 63.3 cm³/mol. The zero-order valence-corrected chi connectivity index (χ0v) is 9.98. The molecule has 0 saturated heterocycles. The second-order valence-electron chi connectivity index (χ2n) is 2.87. The molecule has 0 aromatic heterocycles. The van der Waals surface area contributed by atoms with Gasteiger partial charge in [-0.1, -0.05) is 15.9 Å². The first-order chi connectivity index (χ1) is 8.12. The summed E-state index contributed by atoms with van der Waals surface area (Å²) in [5, 5.41) is 38.2. The van der Waals surface area contributed by atoms with Gasteiger partial charge < -0.3 is 10.4 Å². The molecular formula is C11H5BrN4O. The lowest BCUT2D eigenvalue weighted by Crippen LogP contribution is -2.00. The number of hydrogen-bond donors (Lipinski definition) is 2. The molecule has 0 aliphatic carbocycles. The van der Waals surface area contributed by atoms with E-state index >= 15 is 0 Å². The van der Waals surface area contributed by atoms with E-state index < -0.39 is 0 Å². The van der Waals surface area contributed by atoms with Gasteiger partial charge >= 0.3 is 0 Å². The summed E-state index contributed by atoms with van der Waals surface area (Å²) in [6, 6.07) is 9.48. The Hall–Kier alpha value is -2.49. The highest BCUT2D eigenvalue weighted by Gasteiger charge is 2.08. The normalized spacial score (nSPS) is 8.35. The summed E-state index contributed by atoms with van der Waals surface area (Å²) in [4.78, 5) is 0. The summed E-state index contributed by atoms with van der Waals surface area (Å²) in [7, 11) is 0. The van der Waals surface area contributed by atoms with Gasteiger partial charge in [-0.15, -0.1) is 0 Å². The minimum Gasteiger partial charge on any atom is -0.506 e. The lowest BCUT2D eigenvalue weighted by atomic mass is 10.2. The second kappa shape index (κ2) is 5.55. The zero-order chi connectivity index (χ0) is 12.8. The van der Waals surface area contributed by atoms with Crippen LogP contribution in [0.5, 0.6) is 5.75 Å². The topological polar surface area (TPSA) is 104 Å². The molecule has 2 N–H and O–H groups in total. The van der Waals surface area contributed by atoms with Crippen molar-refractivity contribution >= 4 is 21.6 Å². The SMILES string of the molecule is N#CC(C#N)=C(C#N)Nc1ccc(Br)cc1O. The highest BCUT2D eigenvalue weighted by Crippen LogP contribution is 2.28. The third-order valence-corrected chi connectivity index (χ3v) is 2.30. The van der Waals surface area contributed by atoms with E-state index in [1.54, 1.807) is 24.3 Å². The van der Waals surface area contributed by atoms with Crippen molar-refractivity contribution in [2.75, 3.05) is 5.32 Å². The van der Waals surface area contributed by atoms with Crippen LogP contribution in [0.3, 0.4) is 0 Å². The first-order valence-corrected chi connectivity index (χ1v) is 5.11. The van der Waals surface area contributed by atoms with E-state index in [9.17, 15) is 5.11 Å². The van der Waals surface area contributed by atoms with Gasteiger partial charge in [0.15, 0.2) is 5.57 Å². The molecule has 0 heterocycles. The van der Waals surface area contributed by atoms with E-state index in [2.05, 4.69) is 21.2 Å². The smallest absolute Gasteiger partial charge is 0.163 e. The molecule has 0 bridgehead atoms. The van der Waals surface area contributed by atoms with Crippen LogP contribution in [-0.2, 0) is 0 Å². The monoisotopic (exact) mass is 288 g/mol. The number of anilines is 1. The van der Waals surface area contributed by atoms with Crippen molar-refractivity contribution in [2.45, 2.75) is 0 Å². The van der Waals surface area contributed by atoms with E-state index in [4.69, 9.17) is 15.8 Å². The van der Waals surface area contributed by atoms with Gasteiger partial charge in [-0.2, -0.15) is 15.8 Å². The maximum atomic E-state index is 9.57. The molecule has 0 radical (unpaired) electrons. The fourth-order valence-corrected chi connectivity index (χ4v) is 1.38. The van der Waals surface area contributed by atoms with Crippen molar-refractivity contribution in [3.63, 3.8) is 0 Å². The zero-order valence-electron chi connectivity index (χ0n) is 8.40. The second-order valence-corrected chi connectivity index (χ2v) is 3.79. The third kappa shape index (κ3) is 2.98. The summed E-state index contributed by atoms with van der Waals surface area (Å²) in [6.45, 7) is 0. The van der Waals surface area contributed by atoms with Gasteiger partial charge in [-0.3, -0.25) is 0 Å². The molecule has 17 heavy (non-hydrogen) atoms.